The second-order valence-corrected chi connectivity index (χ2v) is 5.61. The van der Waals surface area contributed by atoms with Crippen LogP contribution in [0.5, 0.6) is 0 Å². The van der Waals surface area contributed by atoms with E-state index in [0.29, 0.717) is 18.0 Å². The SMILES string of the molecule is CN(CC(O)C1CC1)C(=O)c1cccc(-n2ccnc2)c1. The smallest absolute Gasteiger partial charge is 0.253 e. The maximum atomic E-state index is 12.4. The summed E-state index contributed by atoms with van der Waals surface area (Å²) >= 11 is 0. The third kappa shape index (κ3) is 3.13. The molecule has 5 heteroatoms. The highest BCUT2D eigenvalue weighted by Crippen LogP contribution is 2.32. The van der Waals surface area contributed by atoms with Crippen molar-refractivity contribution in [2.45, 2.75) is 18.9 Å². The van der Waals surface area contributed by atoms with E-state index >= 15 is 0 Å². The van der Waals surface area contributed by atoms with Gasteiger partial charge in [0.2, 0.25) is 0 Å². The Bertz CT molecular complexity index is 620. The Morgan fingerprint density at radius 3 is 3.00 bits per heavy atom. The Labute approximate surface area is 123 Å². The van der Waals surface area contributed by atoms with Crippen molar-refractivity contribution >= 4 is 5.91 Å². The lowest BCUT2D eigenvalue weighted by molar-refractivity contribution is 0.0645. The first kappa shape index (κ1) is 13.8. The maximum absolute atomic E-state index is 12.4. The highest BCUT2D eigenvalue weighted by molar-refractivity contribution is 5.94. The van der Waals surface area contributed by atoms with Gasteiger partial charge in [0.1, 0.15) is 0 Å². The fourth-order valence-corrected chi connectivity index (χ4v) is 2.43. The quantitative estimate of drug-likeness (QED) is 0.910. The molecule has 1 heterocycles. The zero-order chi connectivity index (χ0) is 14.8. The minimum Gasteiger partial charge on any atom is -0.391 e. The minimum absolute atomic E-state index is 0.0725. The number of aromatic nitrogens is 2. The van der Waals surface area contributed by atoms with Crippen molar-refractivity contribution in [3.63, 3.8) is 0 Å². The second-order valence-electron chi connectivity index (χ2n) is 5.61. The van der Waals surface area contributed by atoms with E-state index in [4.69, 9.17) is 0 Å². The van der Waals surface area contributed by atoms with E-state index in [-0.39, 0.29) is 5.91 Å². The molecular weight excluding hydrogens is 266 g/mol. The second kappa shape index (κ2) is 5.69. The van der Waals surface area contributed by atoms with Crippen LogP contribution in [0.15, 0.2) is 43.0 Å². The standard InChI is InChI=1S/C16H19N3O2/c1-18(10-15(20)12-5-6-12)16(21)13-3-2-4-14(9-13)19-8-7-17-11-19/h2-4,7-9,11-12,15,20H,5-6,10H2,1H3. The molecule has 0 aliphatic heterocycles. The van der Waals surface area contributed by atoms with Gasteiger partial charge in [0.15, 0.2) is 0 Å². The summed E-state index contributed by atoms with van der Waals surface area (Å²) in [5.74, 6) is 0.300. The number of amides is 1. The summed E-state index contributed by atoms with van der Waals surface area (Å²) in [6, 6.07) is 7.41. The molecule has 21 heavy (non-hydrogen) atoms. The first-order valence-corrected chi connectivity index (χ1v) is 7.17. The number of imidazole rings is 1. The molecule has 1 aromatic carbocycles. The van der Waals surface area contributed by atoms with E-state index in [1.165, 1.54) is 0 Å². The molecule has 5 nitrogen and oxygen atoms in total. The average molecular weight is 285 g/mol. The number of aliphatic hydroxyl groups is 1. The Kier molecular flexibility index (Phi) is 3.75. The molecule has 1 aliphatic carbocycles. The van der Waals surface area contributed by atoms with Gasteiger partial charge >= 0.3 is 0 Å². The first-order chi connectivity index (χ1) is 10.1. The van der Waals surface area contributed by atoms with Crippen molar-refractivity contribution in [1.29, 1.82) is 0 Å². The maximum Gasteiger partial charge on any atom is 0.253 e. The van der Waals surface area contributed by atoms with E-state index in [9.17, 15) is 9.90 Å². The van der Waals surface area contributed by atoms with Crippen LogP contribution in [-0.4, -0.2) is 45.2 Å². The zero-order valence-corrected chi connectivity index (χ0v) is 12.0. The van der Waals surface area contributed by atoms with Gasteiger partial charge < -0.3 is 14.6 Å². The van der Waals surface area contributed by atoms with Gasteiger partial charge in [-0.1, -0.05) is 6.07 Å². The molecule has 110 valence electrons. The lowest BCUT2D eigenvalue weighted by atomic mass is 10.1. The number of benzene rings is 1. The van der Waals surface area contributed by atoms with Crippen LogP contribution in [0.4, 0.5) is 0 Å². The van der Waals surface area contributed by atoms with Gasteiger partial charge in [0.25, 0.3) is 5.91 Å². The lowest BCUT2D eigenvalue weighted by Crippen LogP contribution is -2.35. The molecule has 2 aromatic rings. The fraction of sp³-hybridized carbons (Fsp3) is 0.375. The third-order valence-electron chi connectivity index (χ3n) is 3.87. The van der Waals surface area contributed by atoms with Crippen molar-refractivity contribution < 1.29 is 9.90 Å². The van der Waals surface area contributed by atoms with Crippen LogP contribution in [-0.2, 0) is 0 Å². The first-order valence-electron chi connectivity index (χ1n) is 7.17. The van der Waals surface area contributed by atoms with E-state index in [0.717, 1.165) is 18.5 Å². The van der Waals surface area contributed by atoms with E-state index < -0.39 is 6.10 Å². The number of hydrogen-bond acceptors (Lipinski definition) is 3. The number of nitrogens with zero attached hydrogens (tertiary/aromatic N) is 3. The summed E-state index contributed by atoms with van der Waals surface area (Å²) in [5.41, 5.74) is 1.51. The van der Waals surface area contributed by atoms with Crippen molar-refractivity contribution in [2.24, 2.45) is 5.92 Å². The average Bonchev–Trinajstić information content (AvgIpc) is 3.21. The fourth-order valence-electron chi connectivity index (χ4n) is 2.43. The van der Waals surface area contributed by atoms with Gasteiger partial charge in [-0.15, -0.1) is 0 Å². The predicted molar refractivity (Wildman–Crippen MR) is 79.3 cm³/mol. The Morgan fingerprint density at radius 1 is 1.52 bits per heavy atom. The van der Waals surface area contributed by atoms with Gasteiger partial charge in [-0.3, -0.25) is 4.79 Å². The number of rotatable bonds is 5. The highest BCUT2D eigenvalue weighted by Gasteiger charge is 2.31. The summed E-state index contributed by atoms with van der Waals surface area (Å²) in [6.45, 7) is 0.388. The van der Waals surface area contributed by atoms with Crippen molar-refractivity contribution in [1.82, 2.24) is 14.5 Å². The minimum atomic E-state index is -0.407. The van der Waals surface area contributed by atoms with Crippen LogP contribution >= 0.6 is 0 Å². The molecule has 0 radical (unpaired) electrons. The van der Waals surface area contributed by atoms with Crippen LogP contribution in [0.1, 0.15) is 23.2 Å². The number of carbonyl (C=O) groups excluding carboxylic acids is 1. The Balaban J connectivity index is 1.73. The van der Waals surface area contributed by atoms with Crippen LogP contribution < -0.4 is 0 Å². The number of hydrogen-bond donors (Lipinski definition) is 1. The summed E-state index contributed by atoms with van der Waals surface area (Å²) in [7, 11) is 1.73. The molecule has 1 atom stereocenters. The van der Waals surface area contributed by atoms with Crippen molar-refractivity contribution in [3.05, 3.63) is 48.5 Å². The summed E-state index contributed by atoms with van der Waals surface area (Å²) in [5, 5.41) is 9.95. The summed E-state index contributed by atoms with van der Waals surface area (Å²) in [4.78, 5) is 18.0. The Morgan fingerprint density at radius 2 is 2.33 bits per heavy atom. The van der Waals surface area contributed by atoms with Crippen LogP contribution in [0.25, 0.3) is 5.69 Å². The van der Waals surface area contributed by atoms with E-state index in [1.54, 1.807) is 30.5 Å². The lowest BCUT2D eigenvalue weighted by Gasteiger charge is -2.21. The number of carbonyl (C=O) groups is 1. The largest absolute Gasteiger partial charge is 0.391 e. The van der Waals surface area contributed by atoms with Gasteiger partial charge in [-0.05, 0) is 37.0 Å². The van der Waals surface area contributed by atoms with Gasteiger partial charge in [0, 0.05) is 37.2 Å². The van der Waals surface area contributed by atoms with Crippen LogP contribution in [0.2, 0.25) is 0 Å². The van der Waals surface area contributed by atoms with Crippen LogP contribution in [0.3, 0.4) is 0 Å². The molecule has 1 saturated carbocycles. The number of aliphatic hydroxyl groups excluding tert-OH is 1. The molecule has 1 unspecified atom stereocenters. The predicted octanol–water partition coefficient (Wildman–Crippen LogP) is 1.72. The van der Waals surface area contributed by atoms with Gasteiger partial charge in [-0.2, -0.15) is 0 Å². The highest BCUT2D eigenvalue weighted by atomic mass is 16.3. The number of likely N-dealkylation sites (N-methyl/N-ethyl adjacent to an activating group) is 1. The third-order valence-corrected chi connectivity index (χ3v) is 3.87. The van der Waals surface area contributed by atoms with Gasteiger partial charge in [0.05, 0.1) is 12.4 Å². The molecule has 1 amide bonds. The zero-order valence-electron chi connectivity index (χ0n) is 12.0. The van der Waals surface area contributed by atoms with Gasteiger partial charge in [-0.25, -0.2) is 4.98 Å². The molecular formula is C16H19N3O2. The molecule has 0 bridgehead atoms. The monoisotopic (exact) mass is 285 g/mol. The summed E-state index contributed by atoms with van der Waals surface area (Å²) in [6.07, 6.45) is 6.97. The molecule has 0 spiro atoms. The summed E-state index contributed by atoms with van der Waals surface area (Å²) < 4.78 is 1.86. The normalized spacial score (nSPS) is 15.7. The molecule has 0 saturated heterocycles. The molecule has 1 aromatic heterocycles. The van der Waals surface area contributed by atoms with E-state index in [1.807, 2.05) is 29.0 Å². The molecule has 1 fully saturated rings. The molecule has 3 rings (SSSR count). The van der Waals surface area contributed by atoms with E-state index in [2.05, 4.69) is 4.98 Å². The topological polar surface area (TPSA) is 58.4 Å². The molecule has 1 N–H and O–H groups in total. The Hall–Kier alpha value is -2.14. The van der Waals surface area contributed by atoms with Crippen molar-refractivity contribution in [2.75, 3.05) is 13.6 Å². The van der Waals surface area contributed by atoms with Crippen LogP contribution in [0, 0.1) is 5.92 Å². The van der Waals surface area contributed by atoms with Crippen molar-refractivity contribution in [3.8, 4) is 5.69 Å². The molecule has 1 aliphatic rings.